The van der Waals surface area contributed by atoms with Gasteiger partial charge < -0.3 is 15.2 Å². The highest BCUT2D eigenvalue weighted by atomic mass is 79.9. The van der Waals surface area contributed by atoms with E-state index in [1.807, 2.05) is 6.92 Å². The standard InChI is InChI=1S/C13H12BrN3O3/c1-7-11(15-6-16-12(7)20-2)17-8-3-4-10(14)9(5-8)13(18)19/h3-6H,1-2H3,(H,18,19)(H,15,16,17). The minimum absolute atomic E-state index is 0.175. The van der Waals surface area contributed by atoms with Crippen LogP contribution in [0.25, 0.3) is 0 Å². The number of carboxylic acid groups (broad SMARTS) is 1. The molecule has 2 N–H and O–H groups in total. The summed E-state index contributed by atoms with van der Waals surface area (Å²) >= 11 is 3.20. The Morgan fingerprint density at radius 3 is 2.80 bits per heavy atom. The maximum atomic E-state index is 11.1. The quantitative estimate of drug-likeness (QED) is 0.892. The minimum Gasteiger partial charge on any atom is -0.481 e. The molecule has 0 unspecified atom stereocenters. The van der Waals surface area contributed by atoms with Crippen LogP contribution in [0.5, 0.6) is 5.88 Å². The van der Waals surface area contributed by atoms with E-state index in [0.717, 1.165) is 5.56 Å². The zero-order valence-corrected chi connectivity index (χ0v) is 12.4. The molecule has 0 radical (unpaired) electrons. The first-order valence-electron chi connectivity index (χ1n) is 5.68. The molecule has 1 aromatic heterocycles. The van der Waals surface area contributed by atoms with Crippen molar-refractivity contribution in [2.75, 3.05) is 12.4 Å². The second kappa shape index (κ2) is 5.87. The fourth-order valence-corrected chi connectivity index (χ4v) is 2.09. The van der Waals surface area contributed by atoms with Gasteiger partial charge in [0.05, 0.1) is 18.2 Å². The first-order valence-corrected chi connectivity index (χ1v) is 6.47. The Balaban J connectivity index is 2.35. The van der Waals surface area contributed by atoms with Crippen LogP contribution in [0.4, 0.5) is 11.5 Å². The van der Waals surface area contributed by atoms with Crippen molar-refractivity contribution in [1.82, 2.24) is 9.97 Å². The van der Waals surface area contributed by atoms with Crippen molar-refractivity contribution >= 4 is 33.4 Å². The van der Waals surface area contributed by atoms with Gasteiger partial charge in [-0.25, -0.2) is 14.8 Å². The van der Waals surface area contributed by atoms with Crippen LogP contribution in [0, 0.1) is 6.92 Å². The van der Waals surface area contributed by atoms with Crippen LogP contribution in [-0.4, -0.2) is 28.2 Å². The first-order chi connectivity index (χ1) is 9.52. The maximum Gasteiger partial charge on any atom is 0.336 e. The molecule has 7 heteroatoms. The Hall–Kier alpha value is -2.15. The number of carboxylic acids is 1. The first kappa shape index (κ1) is 14.3. The monoisotopic (exact) mass is 337 g/mol. The van der Waals surface area contributed by atoms with E-state index in [1.54, 1.807) is 12.1 Å². The molecule has 0 bridgehead atoms. The lowest BCUT2D eigenvalue weighted by Gasteiger charge is -2.11. The molecule has 0 spiro atoms. The van der Waals surface area contributed by atoms with E-state index < -0.39 is 5.97 Å². The number of halogens is 1. The number of benzene rings is 1. The maximum absolute atomic E-state index is 11.1. The fraction of sp³-hybridized carbons (Fsp3) is 0.154. The number of ether oxygens (including phenoxy) is 1. The number of nitrogens with zero attached hydrogens (tertiary/aromatic N) is 2. The fourth-order valence-electron chi connectivity index (χ4n) is 1.67. The van der Waals surface area contributed by atoms with E-state index in [4.69, 9.17) is 9.84 Å². The predicted octanol–water partition coefficient (Wildman–Crippen LogP) is 3.00. The van der Waals surface area contributed by atoms with E-state index in [9.17, 15) is 4.79 Å². The molecular weight excluding hydrogens is 326 g/mol. The van der Waals surface area contributed by atoms with E-state index in [0.29, 0.717) is 21.9 Å². The summed E-state index contributed by atoms with van der Waals surface area (Å²) in [5, 5.41) is 12.1. The Morgan fingerprint density at radius 2 is 2.15 bits per heavy atom. The van der Waals surface area contributed by atoms with Gasteiger partial charge in [0, 0.05) is 10.2 Å². The summed E-state index contributed by atoms with van der Waals surface area (Å²) in [4.78, 5) is 19.2. The number of aromatic nitrogens is 2. The zero-order valence-electron chi connectivity index (χ0n) is 10.8. The summed E-state index contributed by atoms with van der Waals surface area (Å²) in [7, 11) is 1.53. The smallest absolute Gasteiger partial charge is 0.336 e. The van der Waals surface area contributed by atoms with Gasteiger partial charge in [-0.05, 0) is 41.1 Å². The number of carbonyl (C=O) groups is 1. The van der Waals surface area contributed by atoms with Gasteiger partial charge in [0.1, 0.15) is 12.1 Å². The molecule has 0 saturated heterocycles. The largest absolute Gasteiger partial charge is 0.481 e. The molecule has 1 heterocycles. The Kier molecular flexibility index (Phi) is 4.19. The molecule has 6 nitrogen and oxygen atoms in total. The minimum atomic E-state index is -1.00. The number of methoxy groups -OCH3 is 1. The van der Waals surface area contributed by atoms with Crippen molar-refractivity contribution in [3.63, 3.8) is 0 Å². The third-order valence-corrected chi connectivity index (χ3v) is 3.38. The molecule has 2 rings (SSSR count). The number of nitrogens with one attached hydrogen (secondary N) is 1. The average molecular weight is 338 g/mol. The van der Waals surface area contributed by atoms with Crippen LogP contribution in [0.2, 0.25) is 0 Å². The number of rotatable bonds is 4. The molecule has 0 aliphatic rings. The molecule has 104 valence electrons. The average Bonchev–Trinajstić information content (AvgIpc) is 2.43. The van der Waals surface area contributed by atoms with Crippen LogP contribution in [0.3, 0.4) is 0 Å². The molecule has 20 heavy (non-hydrogen) atoms. The second-order valence-electron chi connectivity index (χ2n) is 3.98. The van der Waals surface area contributed by atoms with Gasteiger partial charge >= 0.3 is 5.97 Å². The molecule has 0 aliphatic carbocycles. The Labute approximate surface area is 124 Å². The van der Waals surface area contributed by atoms with Gasteiger partial charge in [-0.1, -0.05) is 0 Å². The summed E-state index contributed by atoms with van der Waals surface area (Å²) in [5.41, 5.74) is 1.54. The highest BCUT2D eigenvalue weighted by Gasteiger charge is 2.11. The van der Waals surface area contributed by atoms with Crippen LogP contribution < -0.4 is 10.1 Å². The summed E-state index contributed by atoms with van der Waals surface area (Å²) < 4.78 is 5.63. The predicted molar refractivity (Wildman–Crippen MR) is 77.7 cm³/mol. The highest BCUT2D eigenvalue weighted by Crippen LogP contribution is 2.26. The number of aromatic carboxylic acids is 1. The zero-order chi connectivity index (χ0) is 14.7. The molecule has 0 aliphatic heterocycles. The normalized spacial score (nSPS) is 10.2. The van der Waals surface area contributed by atoms with Gasteiger partial charge in [-0.2, -0.15) is 0 Å². The van der Waals surface area contributed by atoms with E-state index >= 15 is 0 Å². The highest BCUT2D eigenvalue weighted by molar-refractivity contribution is 9.10. The lowest BCUT2D eigenvalue weighted by atomic mass is 10.2. The molecule has 1 aromatic carbocycles. The SMILES string of the molecule is COc1ncnc(Nc2ccc(Br)c(C(=O)O)c2)c1C. The molecule has 2 aromatic rings. The Bertz CT molecular complexity index is 661. The number of anilines is 2. The van der Waals surface area contributed by atoms with Crippen molar-refractivity contribution in [2.45, 2.75) is 6.92 Å². The Morgan fingerprint density at radius 1 is 1.40 bits per heavy atom. The molecule has 0 atom stereocenters. The molecule has 0 saturated carbocycles. The van der Waals surface area contributed by atoms with Crippen LogP contribution in [-0.2, 0) is 0 Å². The lowest BCUT2D eigenvalue weighted by Crippen LogP contribution is -2.03. The van der Waals surface area contributed by atoms with Crippen molar-refractivity contribution in [1.29, 1.82) is 0 Å². The van der Waals surface area contributed by atoms with Crippen LogP contribution in [0.15, 0.2) is 29.0 Å². The molecule has 0 fully saturated rings. The van der Waals surface area contributed by atoms with E-state index in [-0.39, 0.29) is 5.56 Å². The molecular formula is C13H12BrN3O3. The van der Waals surface area contributed by atoms with Crippen molar-refractivity contribution in [2.24, 2.45) is 0 Å². The summed E-state index contributed by atoms with van der Waals surface area (Å²) in [6.07, 6.45) is 1.38. The second-order valence-corrected chi connectivity index (χ2v) is 4.84. The van der Waals surface area contributed by atoms with Gasteiger partial charge in [-0.15, -0.1) is 0 Å². The van der Waals surface area contributed by atoms with Crippen molar-refractivity contribution in [3.8, 4) is 5.88 Å². The summed E-state index contributed by atoms with van der Waals surface area (Å²) in [5.74, 6) is 0.0334. The van der Waals surface area contributed by atoms with Gasteiger partial charge in [0.25, 0.3) is 0 Å². The number of hydrogen-bond donors (Lipinski definition) is 2. The molecule has 0 amide bonds. The third kappa shape index (κ3) is 2.88. The topological polar surface area (TPSA) is 84.3 Å². The van der Waals surface area contributed by atoms with E-state index in [1.165, 1.54) is 19.5 Å². The van der Waals surface area contributed by atoms with Crippen LogP contribution in [0.1, 0.15) is 15.9 Å². The van der Waals surface area contributed by atoms with Gasteiger partial charge in [-0.3, -0.25) is 0 Å². The lowest BCUT2D eigenvalue weighted by molar-refractivity contribution is 0.0696. The number of hydrogen-bond acceptors (Lipinski definition) is 5. The van der Waals surface area contributed by atoms with E-state index in [2.05, 4.69) is 31.2 Å². The van der Waals surface area contributed by atoms with Crippen molar-refractivity contribution in [3.05, 3.63) is 40.1 Å². The third-order valence-electron chi connectivity index (χ3n) is 2.69. The van der Waals surface area contributed by atoms with Gasteiger partial charge in [0.15, 0.2) is 0 Å². The van der Waals surface area contributed by atoms with Crippen molar-refractivity contribution < 1.29 is 14.6 Å². The van der Waals surface area contributed by atoms with Gasteiger partial charge in [0.2, 0.25) is 5.88 Å². The summed E-state index contributed by atoms with van der Waals surface area (Å²) in [6, 6.07) is 4.95. The van der Waals surface area contributed by atoms with Crippen LogP contribution >= 0.6 is 15.9 Å². The summed E-state index contributed by atoms with van der Waals surface area (Å²) in [6.45, 7) is 1.82.